The van der Waals surface area contributed by atoms with Gasteiger partial charge in [-0.15, -0.1) is 10.2 Å². The van der Waals surface area contributed by atoms with E-state index >= 15 is 0 Å². The summed E-state index contributed by atoms with van der Waals surface area (Å²) in [6, 6.07) is 21.2. The minimum atomic E-state index is -0.128. The van der Waals surface area contributed by atoms with Crippen molar-refractivity contribution in [1.29, 1.82) is 0 Å². The lowest BCUT2D eigenvalue weighted by atomic mass is 10.1. The summed E-state index contributed by atoms with van der Waals surface area (Å²) >= 11 is 0. The Morgan fingerprint density at radius 3 is 2.43 bits per heavy atom. The van der Waals surface area contributed by atoms with Gasteiger partial charge in [0.15, 0.2) is 11.6 Å². The summed E-state index contributed by atoms with van der Waals surface area (Å²) in [6.45, 7) is 2.02. The van der Waals surface area contributed by atoms with Crippen LogP contribution < -0.4 is 10.6 Å². The number of anilines is 3. The first-order chi connectivity index (χ1) is 13.7. The van der Waals surface area contributed by atoms with Gasteiger partial charge in [0, 0.05) is 11.6 Å². The summed E-state index contributed by atoms with van der Waals surface area (Å²) in [5, 5.41) is 15.3. The zero-order valence-electron chi connectivity index (χ0n) is 15.4. The van der Waals surface area contributed by atoms with Crippen LogP contribution in [0.25, 0.3) is 10.9 Å². The maximum atomic E-state index is 12.2. The maximum Gasteiger partial charge on any atom is 0.229 e. The summed E-state index contributed by atoms with van der Waals surface area (Å²) in [6.07, 6.45) is 2.05. The van der Waals surface area contributed by atoms with Crippen LogP contribution in [0.2, 0.25) is 0 Å². The summed E-state index contributed by atoms with van der Waals surface area (Å²) in [4.78, 5) is 16.6. The van der Waals surface area contributed by atoms with Gasteiger partial charge in [0.05, 0.1) is 17.6 Å². The first-order valence-corrected chi connectivity index (χ1v) is 8.97. The van der Waals surface area contributed by atoms with Crippen LogP contribution in [0, 0.1) is 6.92 Å². The van der Waals surface area contributed by atoms with E-state index in [0.29, 0.717) is 18.1 Å². The van der Waals surface area contributed by atoms with Crippen LogP contribution in [0.15, 0.2) is 72.9 Å². The Hall–Kier alpha value is -3.80. The molecule has 138 valence electrons. The number of nitrogens with one attached hydrogen (secondary N) is 2. The monoisotopic (exact) mass is 369 g/mol. The van der Waals surface area contributed by atoms with Gasteiger partial charge in [-0.25, -0.2) is 0 Å². The first kappa shape index (κ1) is 17.6. The number of hydrogen-bond acceptors (Lipinski definition) is 5. The van der Waals surface area contributed by atoms with Gasteiger partial charge in [-0.05, 0) is 36.8 Å². The maximum absolute atomic E-state index is 12.2. The molecule has 0 spiro atoms. The Labute approximate surface area is 162 Å². The zero-order chi connectivity index (χ0) is 19.3. The molecule has 4 aromatic rings. The standard InChI is InChI=1S/C22H19N5O/c1-15-7-9-16(10-8-15)14-21(28)25-20-12-11-19(26-27-20)24-18-6-2-4-17-5-3-13-23-22(17)18/h2-13H,14H2,1H3,(H,24,26)(H,25,27,28). The third-order valence-electron chi connectivity index (χ3n) is 4.31. The van der Waals surface area contributed by atoms with E-state index in [1.165, 1.54) is 5.56 Å². The number of amides is 1. The molecule has 0 bridgehead atoms. The molecule has 6 heteroatoms. The SMILES string of the molecule is Cc1ccc(CC(=O)Nc2ccc(Nc3cccc4cccnc34)nn2)cc1. The molecule has 0 aliphatic rings. The van der Waals surface area contributed by atoms with Gasteiger partial charge in [0.2, 0.25) is 5.91 Å². The number of aryl methyl sites for hydroxylation is 1. The average Bonchev–Trinajstić information content (AvgIpc) is 2.71. The average molecular weight is 369 g/mol. The smallest absolute Gasteiger partial charge is 0.229 e. The zero-order valence-corrected chi connectivity index (χ0v) is 15.4. The van der Waals surface area contributed by atoms with E-state index in [9.17, 15) is 4.79 Å². The van der Waals surface area contributed by atoms with Crippen molar-refractivity contribution < 1.29 is 4.79 Å². The highest BCUT2D eigenvalue weighted by molar-refractivity contribution is 5.92. The molecule has 28 heavy (non-hydrogen) atoms. The van der Waals surface area contributed by atoms with Crippen LogP contribution in [0.3, 0.4) is 0 Å². The van der Waals surface area contributed by atoms with Crippen LogP contribution in [-0.4, -0.2) is 21.1 Å². The Bertz CT molecular complexity index is 1100. The van der Waals surface area contributed by atoms with Gasteiger partial charge in [-0.1, -0.05) is 48.0 Å². The summed E-state index contributed by atoms with van der Waals surface area (Å²) in [5.41, 5.74) is 3.84. The molecule has 1 amide bonds. The van der Waals surface area contributed by atoms with Crippen molar-refractivity contribution in [3.05, 3.63) is 84.1 Å². The van der Waals surface area contributed by atoms with Crippen LogP contribution in [-0.2, 0) is 11.2 Å². The number of carbonyl (C=O) groups is 1. The molecule has 0 unspecified atom stereocenters. The molecule has 0 saturated heterocycles. The van der Waals surface area contributed by atoms with Gasteiger partial charge in [-0.3, -0.25) is 9.78 Å². The lowest BCUT2D eigenvalue weighted by Gasteiger charge is -2.09. The Morgan fingerprint density at radius 2 is 1.64 bits per heavy atom. The number of carbonyl (C=O) groups excluding carboxylic acids is 1. The molecule has 0 atom stereocenters. The van der Waals surface area contributed by atoms with Crippen molar-refractivity contribution in [2.75, 3.05) is 10.6 Å². The van der Waals surface area contributed by atoms with Gasteiger partial charge in [-0.2, -0.15) is 0 Å². The second-order valence-corrected chi connectivity index (χ2v) is 6.52. The second kappa shape index (κ2) is 7.84. The van der Waals surface area contributed by atoms with Crippen LogP contribution in [0.4, 0.5) is 17.3 Å². The summed E-state index contributed by atoms with van der Waals surface area (Å²) in [7, 11) is 0. The van der Waals surface area contributed by atoms with E-state index < -0.39 is 0 Å². The molecule has 2 heterocycles. The fourth-order valence-corrected chi connectivity index (χ4v) is 2.89. The number of hydrogen-bond donors (Lipinski definition) is 2. The van der Waals surface area contributed by atoms with Gasteiger partial charge < -0.3 is 10.6 Å². The van der Waals surface area contributed by atoms with E-state index in [2.05, 4.69) is 25.8 Å². The summed E-state index contributed by atoms with van der Waals surface area (Å²) in [5.74, 6) is 0.866. The molecule has 0 aliphatic heterocycles. The highest BCUT2D eigenvalue weighted by Crippen LogP contribution is 2.23. The van der Waals surface area contributed by atoms with E-state index in [1.54, 1.807) is 18.3 Å². The minimum absolute atomic E-state index is 0.128. The Morgan fingerprint density at radius 1 is 0.893 bits per heavy atom. The molecule has 0 saturated carbocycles. The largest absolute Gasteiger partial charge is 0.337 e. The predicted octanol–water partition coefficient (Wildman–Crippen LogP) is 4.26. The lowest BCUT2D eigenvalue weighted by molar-refractivity contribution is -0.115. The Kier molecular flexibility index (Phi) is 4.93. The molecule has 6 nitrogen and oxygen atoms in total. The molecule has 4 rings (SSSR count). The number of nitrogens with zero attached hydrogens (tertiary/aromatic N) is 3. The van der Waals surface area contributed by atoms with Crippen molar-refractivity contribution in [2.24, 2.45) is 0 Å². The van der Waals surface area contributed by atoms with Crippen LogP contribution >= 0.6 is 0 Å². The number of fused-ring (bicyclic) bond motifs is 1. The van der Waals surface area contributed by atoms with Crippen molar-refractivity contribution in [3.63, 3.8) is 0 Å². The second-order valence-electron chi connectivity index (χ2n) is 6.52. The number of pyridine rings is 1. The number of para-hydroxylation sites is 1. The van der Waals surface area contributed by atoms with Gasteiger partial charge in [0.1, 0.15) is 0 Å². The molecular weight excluding hydrogens is 350 g/mol. The van der Waals surface area contributed by atoms with Gasteiger partial charge >= 0.3 is 0 Å². The van der Waals surface area contributed by atoms with Crippen molar-refractivity contribution in [3.8, 4) is 0 Å². The van der Waals surface area contributed by atoms with Crippen LogP contribution in [0.5, 0.6) is 0 Å². The molecular formula is C22H19N5O. The van der Waals surface area contributed by atoms with Crippen molar-refractivity contribution >= 4 is 34.1 Å². The fraction of sp³-hybridized carbons (Fsp3) is 0.0909. The highest BCUT2D eigenvalue weighted by Gasteiger charge is 2.07. The molecule has 2 aromatic heterocycles. The molecule has 2 N–H and O–H groups in total. The van der Waals surface area contributed by atoms with Crippen molar-refractivity contribution in [2.45, 2.75) is 13.3 Å². The normalized spacial score (nSPS) is 10.6. The highest BCUT2D eigenvalue weighted by atomic mass is 16.1. The quantitative estimate of drug-likeness (QED) is 0.549. The topological polar surface area (TPSA) is 79.8 Å². The van der Waals surface area contributed by atoms with Crippen LogP contribution in [0.1, 0.15) is 11.1 Å². The van der Waals surface area contributed by atoms with E-state index in [1.807, 2.05) is 61.5 Å². The van der Waals surface area contributed by atoms with Crippen molar-refractivity contribution in [1.82, 2.24) is 15.2 Å². The molecule has 2 aromatic carbocycles. The third kappa shape index (κ3) is 4.12. The van der Waals surface area contributed by atoms with Gasteiger partial charge in [0.25, 0.3) is 0 Å². The number of rotatable bonds is 5. The lowest BCUT2D eigenvalue weighted by Crippen LogP contribution is -2.15. The molecule has 0 radical (unpaired) electrons. The minimum Gasteiger partial charge on any atom is -0.337 e. The van der Waals surface area contributed by atoms with E-state index in [-0.39, 0.29) is 5.91 Å². The first-order valence-electron chi connectivity index (χ1n) is 8.97. The Balaban J connectivity index is 1.42. The molecule has 0 fully saturated rings. The number of benzene rings is 2. The van der Waals surface area contributed by atoms with E-state index in [0.717, 1.165) is 22.2 Å². The number of aromatic nitrogens is 3. The summed E-state index contributed by atoms with van der Waals surface area (Å²) < 4.78 is 0. The van der Waals surface area contributed by atoms with E-state index in [4.69, 9.17) is 0 Å². The molecule has 0 aliphatic carbocycles. The fourth-order valence-electron chi connectivity index (χ4n) is 2.89. The predicted molar refractivity (Wildman–Crippen MR) is 111 cm³/mol. The third-order valence-corrected chi connectivity index (χ3v) is 4.31.